The van der Waals surface area contributed by atoms with Gasteiger partial charge in [-0.1, -0.05) is 0 Å². The van der Waals surface area contributed by atoms with Crippen LogP contribution in [-0.4, -0.2) is 94.3 Å². The number of halogens is 4. The van der Waals surface area contributed by atoms with E-state index in [2.05, 4.69) is 9.97 Å². The number of aromatic nitrogens is 2. The fourth-order valence-electron chi connectivity index (χ4n) is 4.35. The molecule has 2 unspecified atom stereocenters. The molecule has 0 saturated carbocycles. The molecule has 2 aromatic heterocycles. The van der Waals surface area contributed by atoms with Crippen molar-refractivity contribution in [1.82, 2.24) is 19.8 Å². The van der Waals surface area contributed by atoms with Crippen LogP contribution in [0.1, 0.15) is 12.1 Å². The quantitative estimate of drug-likeness (QED) is 0.494. The second-order valence-electron chi connectivity index (χ2n) is 8.41. The summed E-state index contributed by atoms with van der Waals surface area (Å²) in [6.07, 6.45) is -7.24. The van der Waals surface area contributed by atoms with Crippen LogP contribution in [0.15, 0.2) is 24.5 Å². The van der Waals surface area contributed by atoms with Crippen molar-refractivity contribution in [2.45, 2.75) is 30.6 Å². The summed E-state index contributed by atoms with van der Waals surface area (Å²) in [4.78, 5) is 34.0. The number of nitrogens with zero attached hydrogens (tertiary/aromatic N) is 6. The number of hydrogen-bond donors (Lipinski definition) is 1. The van der Waals surface area contributed by atoms with Crippen molar-refractivity contribution in [2.75, 3.05) is 37.6 Å². The summed E-state index contributed by atoms with van der Waals surface area (Å²) in [5.74, 6) is 0. The zero-order valence-corrected chi connectivity index (χ0v) is 18.2. The van der Waals surface area contributed by atoms with Crippen LogP contribution in [0.4, 0.5) is 28.0 Å². The standard InChI is InChI=1S/C21H20F4N6O4/c22-20(3-5-29(10-20)19(33)34)11-31(12-32)17-9-30(8-16(35-17)21(23,24)25)15-7-28-14(6-26)18-13(15)2-1-4-27-18/h1-2,4,7,12,16-17H,3,5,8-11H2,(H,33,34)/t16?,17?,20-/m0/s1. The first kappa shape index (κ1) is 24.4. The van der Waals surface area contributed by atoms with Crippen molar-refractivity contribution in [1.29, 1.82) is 5.26 Å². The Kier molecular flexibility index (Phi) is 6.37. The van der Waals surface area contributed by atoms with Gasteiger partial charge in [-0.2, -0.15) is 18.4 Å². The van der Waals surface area contributed by atoms with Crippen LogP contribution in [0, 0.1) is 11.3 Å². The number of fused-ring (bicyclic) bond motifs is 1. The van der Waals surface area contributed by atoms with Crippen LogP contribution in [0.5, 0.6) is 0 Å². The molecule has 0 aliphatic carbocycles. The molecule has 2 amide bonds. The van der Waals surface area contributed by atoms with Crippen LogP contribution < -0.4 is 4.90 Å². The number of ether oxygens (including phenoxy) is 1. The average molecular weight is 496 g/mol. The number of amides is 2. The Morgan fingerprint density at radius 1 is 1.40 bits per heavy atom. The lowest BCUT2D eigenvalue weighted by atomic mass is 10.0. The Balaban J connectivity index is 1.65. The van der Waals surface area contributed by atoms with Crippen molar-refractivity contribution >= 4 is 29.1 Å². The summed E-state index contributed by atoms with van der Waals surface area (Å²) in [7, 11) is 0. The topological polar surface area (TPSA) is 123 Å². The highest BCUT2D eigenvalue weighted by atomic mass is 19.4. The number of pyridine rings is 2. The summed E-state index contributed by atoms with van der Waals surface area (Å²) >= 11 is 0. The van der Waals surface area contributed by atoms with Crippen molar-refractivity contribution < 1.29 is 37.0 Å². The molecule has 0 spiro atoms. The van der Waals surface area contributed by atoms with Crippen LogP contribution >= 0.6 is 0 Å². The number of nitriles is 1. The third-order valence-corrected chi connectivity index (χ3v) is 6.07. The largest absolute Gasteiger partial charge is 0.465 e. The maximum atomic E-state index is 15.3. The van der Waals surface area contributed by atoms with Gasteiger partial charge < -0.3 is 24.5 Å². The SMILES string of the molecule is N#Cc1ncc(N2CC(N(C=O)C[C@]3(F)CCN(C(=O)O)C3)OC(C(F)(F)F)C2)c2cccnc12. The molecule has 2 aromatic rings. The number of carbonyl (C=O) groups is 2. The van der Waals surface area contributed by atoms with Crippen LogP contribution in [-0.2, 0) is 9.53 Å². The molecule has 2 fully saturated rings. The van der Waals surface area contributed by atoms with Crippen molar-refractivity contribution in [3.05, 3.63) is 30.2 Å². The maximum absolute atomic E-state index is 15.3. The first-order chi connectivity index (χ1) is 16.5. The molecular weight excluding hydrogens is 476 g/mol. The molecule has 2 aliphatic heterocycles. The Morgan fingerprint density at radius 3 is 2.80 bits per heavy atom. The van der Waals surface area contributed by atoms with Crippen molar-refractivity contribution in [2.24, 2.45) is 0 Å². The van der Waals surface area contributed by atoms with E-state index in [1.807, 2.05) is 6.07 Å². The third kappa shape index (κ3) is 4.90. The molecule has 186 valence electrons. The minimum atomic E-state index is -4.79. The minimum Gasteiger partial charge on any atom is -0.465 e. The van der Waals surface area contributed by atoms with Gasteiger partial charge in [-0.25, -0.2) is 14.2 Å². The molecule has 2 aliphatic rings. The normalized spacial score (nSPS) is 24.9. The van der Waals surface area contributed by atoms with Gasteiger partial charge in [0.15, 0.2) is 18.0 Å². The predicted octanol–water partition coefficient (Wildman–Crippen LogP) is 2.15. The van der Waals surface area contributed by atoms with Crippen LogP contribution in [0.25, 0.3) is 10.9 Å². The number of anilines is 1. The fourth-order valence-corrected chi connectivity index (χ4v) is 4.35. The summed E-state index contributed by atoms with van der Waals surface area (Å²) in [5.41, 5.74) is -1.69. The van der Waals surface area contributed by atoms with Gasteiger partial charge in [-0.15, -0.1) is 0 Å². The highest BCUT2D eigenvalue weighted by molar-refractivity contribution is 5.93. The first-order valence-electron chi connectivity index (χ1n) is 10.5. The van der Waals surface area contributed by atoms with E-state index < -0.39 is 49.9 Å². The number of hydrogen-bond acceptors (Lipinski definition) is 7. The second kappa shape index (κ2) is 9.14. The molecule has 4 heterocycles. The van der Waals surface area contributed by atoms with Crippen molar-refractivity contribution in [3.63, 3.8) is 0 Å². The summed E-state index contributed by atoms with van der Waals surface area (Å²) in [6, 6.07) is 5.03. The highest BCUT2D eigenvalue weighted by Crippen LogP contribution is 2.35. The van der Waals surface area contributed by atoms with E-state index in [1.54, 1.807) is 12.1 Å². The van der Waals surface area contributed by atoms with Gasteiger partial charge in [0.2, 0.25) is 6.41 Å². The van der Waals surface area contributed by atoms with Gasteiger partial charge >= 0.3 is 12.3 Å². The van der Waals surface area contributed by atoms with Gasteiger partial charge in [-0.3, -0.25) is 9.78 Å². The Labute approximate surface area is 196 Å². The maximum Gasteiger partial charge on any atom is 0.416 e. The molecule has 35 heavy (non-hydrogen) atoms. The molecule has 10 nitrogen and oxygen atoms in total. The summed E-state index contributed by atoms with van der Waals surface area (Å²) in [6.45, 7) is -2.13. The van der Waals surface area contributed by atoms with Gasteiger partial charge in [0, 0.05) is 24.5 Å². The van der Waals surface area contributed by atoms with Gasteiger partial charge in [0.25, 0.3) is 0 Å². The number of alkyl halides is 4. The molecule has 0 radical (unpaired) electrons. The molecule has 4 rings (SSSR count). The van der Waals surface area contributed by atoms with Gasteiger partial charge in [0.05, 0.1) is 38.1 Å². The van der Waals surface area contributed by atoms with Crippen LogP contribution in [0.2, 0.25) is 0 Å². The first-order valence-corrected chi connectivity index (χ1v) is 10.5. The Morgan fingerprint density at radius 2 is 2.17 bits per heavy atom. The van der Waals surface area contributed by atoms with E-state index in [4.69, 9.17) is 9.84 Å². The predicted molar refractivity (Wildman–Crippen MR) is 112 cm³/mol. The number of carbonyl (C=O) groups excluding carboxylic acids is 1. The Bertz CT molecular complexity index is 1170. The molecule has 2 saturated heterocycles. The molecule has 1 N–H and O–H groups in total. The number of carboxylic acid groups (broad SMARTS) is 1. The molecule has 0 bridgehead atoms. The van der Waals surface area contributed by atoms with Gasteiger partial charge in [0.1, 0.15) is 17.3 Å². The van der Waals surface area contributed by atoms with E-state index in [1.165, 1.54) is 17.3 Å². The zero-order valence-electron chi connectivity index (χ0n) is 18.2. The zero-order chi connectivity index (χ0) is 25.4. The minimum absolute atomic E-state index is 0.000335. The summed E-state index contributed by atoms with van der Waals surface area (Å²) in [5, 5.41) is 18.8. The van der Waals surface area contributed by atoms with E-state index in [0.717, 1.165) is 9.80 Å². The van der Waals surface area contributed by atoms with E-state index >= 15 is 4.39 Å². The van der Waals surface area contributed by atoms with Crippen molar-refractivity contribution in [3.8, 4) is 6.07 Å². The summed E-state index contributed by atoms with van der Waals surface area (Å²) < 4.78 is 61.7. The van der Waals surface area contributed by atoms with E-state index in [0.29, 0.717) is 5.39 Å². The third-order valence-electron chi connectivity index (χ3n) is 6.07. The number of rotatable bonds is 5. The monoisotopic (exact) mass is 496 g/mol. The lowest BCUT2D eigenvalue weighted by molar-refractivity contribution is -0.252. The van der Waals surface area contributed by atoms with Gasteiger partial charge in [-0.05, 0) is 12.1 Å². The highest BCUT2D eigenvalue weighted by Gasteiger charge is 2.49. The average Bonchev–Trinajstić information content (AvgIpc) is 3.23. The number of likely N-dealkylation sites (tertiary alicyclic amines) is 1. The molecule has 3 atom stereocenters. The lowest BCUT2D eigenvalue weighted by Gasteiger charge is -2.44. The Hall–Kier alpha value is -3.73. The molecule has 0 aromatic carbocycles. The lowest BCUT2D eigenvalue weighted by Crippen LogP contribution is -2.60. The van der Waals surface area contributed by atoms with E-state index in [9.17, 15) is 28.0 Å². The second-order valence-corrected chi connectivity index (χ2v) is 8.41. The van der Waals surface area contributed by atoms with Crippen LogP contribution in [0.3, 0.4) is 0 Å². The fraction of sp³-hybridized carbons (Fsp3) is 0.476. The molecular formula is C21H20F4N6O4. The van der Waals surface area contributed by atoms with E-state index in [-0.39, 0.29) is 42.8 Å². The number of morpholine rings is 1. The molecule has 14 heteroatoms. The smallest absolute Gasteiger partial charge is 0.416 e.